The Balaban J connectivity index is 1.63. The predicted octanol–water partition coefficient (Wildman–Crippen LogP) is 5.93. The van der Waals surface area contributed by atoms with E-state index in [9.17, 15) is 4.79 Å². The highest BCUT2D eigenvalue weighted by Crippen LogP contribution is 2.26. The minimum atomic E-state index is -0.0171. The number of hydrogen-bond donors (Lipinski definition) is 1. The van der Waals surface area contributed by atoms with Crippen molar-refractivity contribution in [3.05, 3.63) is 64.2 Å². The van der Waals surface area contributed by atoms with Crippen molar-refractivity contribution in [3.63, 3.8) is 0 Å². The third-order valence-corrected chi connectivity index (χ3v) is 5.43. The Morgan fingerprint density at radius 1 is 1.08 bits per heavy atom. The maximum absolute atomic E-state index is 12.2. The molecule has 0 unspecified atom stereocenters. The van der Waals surface area contributed by atoms with Gasteiger partial charge in [0, 0.05) is 28.3 Å². The van der Waals surface area contributed by atoms with Crippen LogP contribution in [0.1, 0.15) is 23.1 Å². The van der Waals surface area contributed by atoms with Crippen molar-refractivity contribution >= 4 is 45.9 Å². The van der Waals surface area contributed by atoms with Gasteiger partial charge in [0.15, 0.2) is 0 Å². The van der Waals surface area contributed by atoms with Crippen LogP contribution in [-0.2, 0) is 4.79 Å². The minimum Gasteiger partial charge on any atom is -0.326 e. The van der Waals surface area contributed by atoms with Crippen LogP contribution in [-0.4, -0.2) is 16.6 Å². The monoisotopic (exact) mass is 384 g/mol. The van der Waals surface area contributed by atoms with Crippen LogP contribution in [0.2, 0.25) is 5.02 Å². The zero-order valence-electron chi connectivity index (χ0n) is 15.1. The van der Waals surface area contributed by atoms with Crippen LogP contribution in [0.4, 0.5) is 5.69 Å². The van der Waals surface area contributed by atoms with E-state index in [2.05, 4.69) is 43.4 Å². The first-order chi connectivity index (χ1) is 12.4. The molecule has 3 aromatic rings. The van der Waals surface area contributed by atoms with Crippen molar-refractivity contribution in [2.75, 3.05) is 11.1 Å². The van der Waals surface area contributed by atoms with Gasteiger partial charge in [0.1, 0.15) is 0 Å². The number of anilines is 1. The molecule has 1 aromatic heterocycles. The molecule has 0 fully saturated rings. The molecule has 134 valence electrons. The van der Waals surface area contributed by atoms with Crippen molar-refractivity contribution in [2.45, 2.75) is 32.2 Å². The largest absolute Gasteiger partial charge is 0.326 e. The molecule has 26 heavy (non-hydrogen) atoms. The molecule has 1 N–H and O–H groups in total. The summed E-state index contributed by atoms with van der Waals surface area (Å²) in [4.78, 5) is 17.0. The second kappa shape index (κ2) is 8.11. The number of rotatable bonds is 5. The quantitative estimate of drug-likeness (QED) is 0.554. The van der Waals surface area contributed by atoms with Crippen LogP contribution in [0.25, 0.3) is 10.9 Å². The first-order valence-electron chi connectivity index (χ1n) is 8.50. The summed E-state index contributed by atoms with van der Waals surface area (Å²) < 4.78 is 0. The highest BCUT2D eigenvalue weighted by atomic mass is 35.5. The number of pyridine rings is 1. The van der Waals surface area contributed by atoms with Crippen LogP contribution >= 0.6 is 23.4 Å². The van der Waals surface area contributed by atoms with E-state index < -0.39 is 0 Å². The Kier molecular flexibility index (Phi) is 5.84. The number of amides is 1. The number of halogens is 1. The van der Waals surface area contributed by atoms with E-state index in [0.29, 0.717) is 17.2 Å². The maximum atomic E-state index is 12.2. The Morgan fingerprint density at radius 3 is 2.69 bits per heavy atom. The lowest BCUT2D eigenvalue weighted by Crippen LogP contribution is -2.13. The highest BCUT2D eigenvalue weighted by molar-refractivity contribution is 7.99. The van der Waals surface area contributed by atoms with Crippen LogP contribution in [0.15, 0.2) is 47.5 Å². The smallest absolute Gasteiger partial charge is 0.225 e. The summed E-state index contributed by atoms with van der Waals surface area (Å²) in [6.07, 6.45) is 0.420. The molecule has 0 saturated carbocycles. The number of carbonyl (C=O) groups is 1. The standard InChI is InChI=1S/C21H21ClN2OS/c1-13-7-8-16(22)12-18(13)23-19(25)9-10-26-20-11-15(3)17-6-4-5-14(2)21(17)24-20/h4-8,11-12H,9-10H2,1-3H3,(H,23,25). The van der Waals surface area contributed by atoms with E-state index in [0.717, 1.165) is 21.8 Å². The highest BCUT2D eigenvalue weighted by Gasteiger charge is 2.08. The molecule has 3 rings (SSSR count). The molecular weight excluding hydrogens is 364 g/mol. The van der Waals surface area contributed by atoms with E-state index in [1.54, 1.807) is 17.8 Å². The summed E-state index contributed by atoms with van der Waals surface area (Å²) in [6.45, 7) is 6.12. The Bertz CT molecular complexity index is 972. The molecule has 2 aromatic carbocycles. The van der Waals surface area contributed by atoms with Gasteiger partial charge in [0.25, 0.3) is 0 Å². The molecule has 0 aliphatic heterocycles. The number of fused-ring (bicyclic) bond motifs is 1. The molecule has 1 heterocycles. The van der Waals surface area contributed by atoms with Crippen molar-refractivity contribution in [1.29, 1.82) is 0 Å². The van der Waals surface area contributed by atoms with Crippen molar-refractivity contribution in [2.24, 2.45) is 0 Å². The SMILES string of the molecule is Cc1ccc(Cl)cc1NC(=O)CCSc1cc(C)c2cccc(C)c2n1. The summed E-state index contributed by atoms with van der Waals surface area (Å²) in [5.41, 5.74) is 5.18. The molecule has 0 atom stereocenters. The van der Waals surface area contributed by atoms with E-state index >= 15 is 0 Å². The van der Waals surface area contributed by atoms with Gasteiger partial charge in [0.05, 0.1) is 10.5 Å². The van der Waals surface area contributed by atoms with Gasteiger partial charge in [-0.05, 0) is 55.7 Å². The number of nitrogens with zero attached hydrogens (tertiary/aromatic N) is 1. The Hall–Kier alpha value is -2.04. The predicted molar refractivity (Wildman–Crippen MR) is 111 cm³/mol. The minimum absolute atomic E-state index is 0.0171. The zero-order chi connectivity index (χ0) is 18.7. The maximum Gasteiger partial charge on any atom is 0.225 e. The Labute approximate surface area is 163 Å². The average molecular weight is 385 g/mol. The van der Waals surface area contributed by atoms with Crippen molar-refractivity contribution in [3.8, 4) is 0 Å². The molecule has 0 aliphatic carbocycles. The lowest BCUT2D eigenvalue weighted by Gasteiger charge is -2.10. The molecule has 3 nitrogen and oxygen atoms in total. The number of aryl methyl sites for hydroxylation is 3. The Morgan fingerprint density at radius 2 is 1.88 bits per heavy atom. The second-order valence-electron chi connectivity index (χ2n) is 6.35. The number of aromatic nitrogens is 1. The van der Waals surface area contributed by atoms with Crippen molar-refractivity contribution < 1.29 is 4.79 Å². The lowest BCUT2D eigenvalue weighted by atomic mass is 10.1. The van der Waals surface area contributed by atoms with E-state index in [1.165, 1.54) is 16.5 Å². The number of thioether (sulfide) groups is 1. The molecule has 0 aliphatic rings. The van der Waals surface area contributed by atoms with Crippen LogP contribution in [0, 0.1) is 20.8 Å². The fraction of sp³-hybridized carbons (Fsp3) is 0.238. The molecule has 0 bridgehead atoms. The molecule has 0 saturated heterocycles. The van der Waals surface area contributed by atoms with E-state index in [1.807, 2.05) is 19.1 Å². The molecule has 5 heteroatoms. The van der Waals surface area contributed by atoms with E-state index in [4.69, 9.17) is 16.6 Å². The average Bonchev–Trinajstić information content (AvgIpc) is 2.59. The van der Waals surface area contributed by atoms with Gasteiger partial charge in [-0.15, -0.1) is 11.8 Å². The summed E-state index contributed by atoms with van der Waals surface area (Å²) >= 11 is 7.60. The third-order valence-electron chi connectivity index (χ3n) is 4.28. The zero-order valence-corrected chi connectivity index (χ0v) is 16.7. The van der Waals surface area contributed by atoms with Crippen LogP contribution in [0.3, 0.4) is 0 Å². The molecule has 0 spiro atoms. The first-order valence-corrected chi connectivity index (χ1v) is 9.86. The second-order valence-corrected chi connectivity index (χ2v) is 7.91. The summed E-state index contributed by atoms with van der Waals surface area (Å²) in [5.74, 6) is 0.659. The van der Waals surface area contributed by atoms with E-state index in [-0.39, 0.29) is 5.91 Å². The van der Waals surface area contributed by atoms with Crippen molar-refractivity contribution in [1.82, 2.24) is 4.98 Å². The van der Waals surface area contributed by atoms with Gasteiger partial charge in [-0.3, -0.25) is 4.79 Å². The van der Waals surface area contributed by atoms with Gasteiger partial charge >= 0.3 is 0 Å². The normalized spacial score (nSPS) is 10.9. The number of para-hydroxylation sites is 1. The fourth-order valence-corrected chi connectivity index (χ4v) is 3.88. The van der Waals surface area contributed by atoms with Gasteiger partial charge in [0.2, 0.25) is 5.91 Å². The van der Waals surface area contributed by atoms with Crippen LogP contribution in [0.5, 0.6) is 0 Å². The van der Waals surface area contributed by atoms with Crippen LogP contribution < -0.4 is 5.32 Å². The topological polar surface area (TPSA) is 42.0 Å². The number of nitrogens with one attached hydrogen (secondary N) is 1. The summed E-state index contributed by atoms with van der Waals surface area (Å²) in [6, 6.07) is 13.8. The molecule has 1 amide bonds. The number of hydrogen-bond acceptors (Lipinski definition) is 3. The van der Waals surface area contributed by atoms with Gasteiger partial charge in [-0.1, -0.05) is 35.9 Å². The lowest BCUT2D eigenvalue weighted by molar-refractivity contribution is -0.115. The summed E-state index contributed by atoms with van der Waals surface area (Å²) in [5, 5.41) is 5.69. The molecular formula is C21H21ClN2OS. The van der Waals surface area contributed by atoms with Gasteiger partial charge in [-0.2, -0.15) is 0 Å². The first kappa shape index (κ1) is 18.7. The molecule has 0 radical (unpaired) electrons. The number of carbonyl (C=O) groups excluding carboxylic acids is 1. The summed E-state index contributed by atoms with van der Waals surface area (Å²) in [7, 11) is 0. The van der Waals surface area contributed by atoms with Gasteiger partial charge < -0.3 is 5.32 Å². The fourth-order valence-electron chi connectivity index (χ4n) is 2.79. The third kappa shape index (κ3) is 4.37. The van der Waals surface area contributed by atoms with Gasteiger partial charge in [-0.25, -0.2) is 4.98 Å². The number of benzene rings is 2.